The summed E-state index contributed by atoms with van der Waals surface area (Å²) in [5.41, 5.74) is -2.34. The molecule has 13 heteroatoms. The van der Waals surface area contributed by atoms with E-state index < -0.39 is 29.0 Å². The maximum absolute atomic E-state index is 14.7. The first-order valence-corrected chi connectivity index (χ1v) is 10.1. The van der Waals surface area contributed by atoms with E-state index in [1.807, 2.05) is 0 Å². The van der Waals surface area contributed by atoms with E-state index in [1.165, 1.54) is 30.3 Å². The van der Waals surface area contributed by atoms with Crippen molar-refractivity contribution in [1.29, 1.82) is 0 Å². The van der Waals surface area contributed by atoms with Crippen LogP contribution in [0.2, 0.25) is 10.0 Å². The molecule has 0 aliphatic carbocycles. The first-order chi connectivity index (χ1) is 16.3. The summed E-state index contributed by atoms with van der Waals surface area (Å²) in [6.07, 6.45) is -3.02. The fourth-order valence-corrected chi connectivity index (χ4v) is 3.91. The smallest absolute Gasteiger partial charge is 0.423 e. The Balaban J connectivity index is 1.81. The van der Waals surface area contributed by atoms with Crippen LogP contribution < -0.4 is 0 Å². The summed E-state index contributed by atoms with van der Waals surface area (Å²) in [6.45, 7) is 0. The first kappa shape index (κ1) is 22.1. The molecular weight excluding hydrogens is 501 g/mol. The molecule has 0 saturated carbocycles. The van der Waals surface area contributed by atoms with Gasteiger partial charge in [0.2, 0.25) is 6.39 Å². The Labute approximate surface area is 197 Å². The topological polar surface area (TPSA) is 82.8 Å². The van der Waals surface area contributed by atoms with Crippen LogP contribution in [0.3, 0.4) is 0 Å². The molecule has 0 N–H and O–H groups in total. The van der Waals surface area contributed by atoms with E-state index in [9.17, 15) is 17.6 Å². The van der Waals surface area contributed by atoms with Gasteiger partial charge in [0, 0.05) is 0 Å². The van der Waals surface area contributed by atoms with Crippen molar-refractivity contribution in [3.05, 3.63) is 76.6 Å². The monoisotopic (exact) mass is 509 g/mol. The molecule has 3 aromatic heterocycles. The number of benzene rings is 2. The highest BCUT2D eigenvalue weighted by Crippen LogP contribution is 2.46. The number of hydrogen-bond donors (Lipinski definition) is 0. The fourth-order valence-electron chi connectivity index (χ4n) is 3.44. The van der Waals surface area contributed by atoms with Gasteiger partial charge in [0.1, 0.15) is 17.1 Å². The Bertz CT molecular complexity index is 1480. The van der Waals surface area contributed by atoms with Gasteiger partial charge in [-0.2, -0.15) is 18.3 Å². The van der Waals surface area contributed by atoms with E-state index in [2.05, 4.69) is 20.5 Å². The molecule has 34 heavy (non-hydrogen) atoms. The second kappa shape index (κ2) is 8.26. The van der Waals surface area contributed by atoms with Crippen LogP contribution in [0.4, 0.5) is 17.6 Å². The van der Waals surface area contributed by atoms with Gasteiger partial charge >= 0.3 is 6.18 Å². The molecule has 0 saturated heterocycles. The minimum Gasteiger partial charge on any atom is -0.423 e. The number of hydrogen-bond acceptors (Lipinski definition) is 6. The van der Waals surface area contributed by atoms with Gasteiger partial charge < -0.3 is 8.94 Å². The lowest BCUT2D eigenvalue weighted by Crippen LogP contribution is -2.14. The van der Waals surface area contributed by atoms with E-state index in [-0.39, 0.29) is 38.4 Å². The fraction of sp³-hybridized carbons (Fsp3) is 0.0476. The molecule has 0 unspecified atom stereocenters. The minimum atomic E-state index is -4.90. The van der Waals surface area contributed by atoms with Crippen LogP contribution in [0.5, 0.6) is 0 Å². The quantitative estimate of drug-likeness (QED) is 0.250. The number of para-hydroxylation sites is 1. The third-order valence-corrected chi connectivity index (χ3v) is 5.46. The van der Waals surface area contributed by atoms with Gasteiger partial charge in [-0.15, -0.1) is 10.2 Å². The molecular formula is C21H9Cl2F4N5O2. The molecule has 0 spiro atoms. The highest BCUT2D eigenvalue weighted by Gasteiger charge is 2.42. The summed E-state index contributed by atoms with van der Waals surface area (Å²) >= 11 is 12.3. The normalized spacial score (nSPS) is 11.8. The van der Waals surface area contributed by atoms with Gasteiger partial charge in [-0.05, 0) is 24.3 Å². The number of aromatic nitrogens is 5. The maximum atomic E-state index is 14.7. The zero-order chi connectivity index (χ0) is 24.0. The van der Waals surface area contributed by atoms with E-state index in [0.29, 0.717) is 4.68 Å². The Morgan fingerprint density at radius 2 is 1.71 bits per heavy atom. The van der Waals surface area contributed by atoms with Crippen molar-refractivity contribution in [3.8, 4) is 39.7 Å². The highest BCUT2D eigenvalue weighted by atomic mass is 35.5. The Morgan fingerprint density at radius 1 is 0.941 bits per heavy atom. The summed E-state index contributed by atoms with van der Waals surface area (Å²) in [7, 11) is 0. The first-order valence-electron chi connectivity index (χ1n) is 9.38. The molecule has 5 aromatic rings. The summed E-state index contributed by atoms with van der Waals surface area (Å²) in [5.74, 6) is -1.47. The largest absolute Gasteiger partial charge is 0.434 e. The van der Waals surface area contributed by atoms with Gasteiger partial charge in [0.25, 0.3) is 5.89 Å². The van der Waals surface area contributed by atoms with Crippen molar-refractivity contribution in [2.75, 3.05) is 0 Å². The number of halogens is 6. The zero-order valence-corrected chi connectivity index (χ0v) is 18.0. The molecule has 0 bridgehead atoms. The van der Waals surface area contributed by atoms with E-state index >= 15 is 0 Å². The van der Waals surface area contributed by atoms with Crippen molar-refractivity contribution in [1.82, 2.24) is 25.1 Å². The lowest BCUT2D eigenvalue weighted by molar-refractivity contribution is -0.142. The molecule has 2 aromatic carbocycles. The van der Waals surface area contributed by atoms with Crippen molar-refractivity contribution in [2.24, 2.45) is 0 Å². The van der Waals surface area contributed by atoms with Crippen molar-refractivity contribution < 1.29 is 26.5 Å². The summed E-state index contributed by atoms with van der Waals surface area (Å²) < 4.78 is 68.6. The predicted molar refractivity (Wildman–Crippen MR) is 113 cm³/mol. The van der Waals surface area contributed by atoms with Crippen molar-refractivity contribution in [2.45, 2.75) is 6.18 Å². The molecule has 172 valence electrons. The van der Waals surface area contributed by atoms with Gasteiger partial charge in [0.15, 0.2) is 11.5 Å². The SMILES string of the molecule is Fc1cccc(Cl)c1-c1noc(-c2cnn(-c3ccccc3Cl)c2C(F)(F)F)c1-c1nnco1. The minimum absolute atomic E-state index is 0.0148. The molecule has 7 nitrogen and oxygen atoms in total. The number of alkyl halides is 3. The van der Waals surface area contributed by atoms with Gasteiger partial charge in [-0.1, -0.05) is 46.6 Å². The van der Waals surface area contributed by atoms with Crippen LogP contribution in [0, 0.1) is 5.82 Å². The van der Waals surface area contributed by atoms with Crippen LogP contribution >= 0.6 is 23.2 Å². The average Bonchev–Trinajstić information content (AvgIpc) is 3.52. The third-order valence-electron chi connectivity index (χ3n) is 4.83. The van der Waals surface area contributed by atoms with Crippen LogP contribution in [-0.2, 0) is 6.18 Å². The molecule has 0 atom stereocenters. The molecule has 5 rings (SSSR count). The number of nitrogens with zero attached hydrogens (tertiary/aromatic N) is 5. The zero-order valence-electron chi connectivity index (χ0n) is 16.5. The van der Waals surface area contributed by atoms with Crippen LogP contribution in [-0.4, -0.2) is 25.1 Å². The Morgan fingerprint density at radius 3 is 2.38 bits per heavy atom. The Hall–Kier alpha value is -3.70. The average molecular weight is 510 g/mol. The van der Waals surface area contributed by atoms with Gasteiger partial charge in [-0.25, -0.2) is 9.07 Å². The van der Waals surface area contributed by atoms with E-state index in [0.717, 1.165) is 18.7 Å². The lowest BCUT2D eigenvalue weighted by Gasteiger charge is -2.13. The molecule has 0 aliphatic rings. The summed E-state index contributed by atoms with van der Waals surface area (Å²) in [5, 5.41) is 15.0. The maximum Gasteiger partial charge on any atom is 0.434 e. The summed E-state index contributed by atoms with van der Waals surface area (Å²) in [4.78, 5) is 0. The third kappa shape index (κ3) is 3.62. The van der Waals surface area contributed by atoms with Crippen LogP contribution in [0.25, 0.3) is 39.7 Å². The standard InChI is InChI=1S/C21H9Cl2F4N5O2/c22-11-4-1-2-7-14(11)32-19(21(25,26)27)10(8-29-32)18-16(20-30-28-9-33-20)17(31-34-18)15-12(23)5-3-6-13(15)24/h1-9H. The van der Waals surface area contributed by atoms with Gasteiger partial charge in [0.05, 0.1) is 33.1 Å². The van der Waals surface area contributed by atoms with Gasteiger partial charge in [-0.3, -0.25) is 0 Å². The molecule has 3 heterocycles. The molecule has 0 amide bonds. The van der Waals surface area contributed by atoms with Crippen LogP contribution in [0.1, 0.15) is 5.69 Å². The second-order valence-electron chi connectivity index (χ2n) is 6.84. The van der Waals surface area contributed by atoms with Crippen LogP contribution in [0.15, 0.2) is 64.0 Å². The number of rotatable bonds is 4. The highest BCUT2D eigenvalue weighted by molar-refractivity contribution is 6.33. The molecule has 0 radical (unpaired) electrons. The van der Waals surface area contributed by atoms with Crippen molar-refractivity contribution in [3.63, 3.8) is 0 Å². The summed E-state index contributed by atoms with van der Waals surface area (Å²) in [6, 6.07) is 9.75. The molecule has 0 aliphatic heterocycles. The lowest BCUT2D eigenvalue weighted by atomic mass is 10.0. The van der Waals surface area contributed by atoms with Crippen molar-refractivity contribution >= 4 is 23.2 Å². The Kier molecular flexibility index (Phi) is 5.37. The predicted octanol–water partition coefficient (Wildman–Crippen LogP) is 6.71. The van der Waals surface area contributed by atoms with E-state index in [4.69, 9.17) is 32.1 Å². The second-order valence-corrected chi connectivity index (χ2v) is 7.66. The van der Waals surface area contributed by atoms with E-state index in [1.54, 1.807) is 6.07 Å². The molecule has 0 fully saturated rings.